The van der Waals surface area contributed by atoms with E-state index in [0.29, 0.717) is 5.75 Å². The van der Waals surface area contributed by atoms with Crippen LogP contribution in [0.2, 0.25) is 0 Å². The van der Waals surface area contributed by atoms with Gasteiger partial charge in [0, 0.05) is 18.2 Å². The van der Waals surface area contributed by atoms with E-state index in [1.54, 1.807) is 36.4 Å². The van der Waals surface area contributed by atoms with Crippen LogP contribution in [-0.2, 0) is 14.2 Å². The standard InChI is InChI=1S/C43H59N3O12/c1-7-10-28(6)55-22-31(49)25-58-34-13-16-37(40(52)19-34)43-45-41(35-14-11-32(17-38(35)50)56-23-29(47)20-53-26(4)8-2)44-42(46-43)36-15-12-33(18-39(36)51)57-24-30(48)21-54-27(5)9-3/h11-19,26-31,47-52H,7-10,20-25H2,1-6H3/p+1. The van der Waals surface area contributed by atoms with E-state index >= 15 is 0 Å². The second kappa shape index (κ2) is 23.0. The number of rotatable bonds is 25. The Morgan fingerprint density at radius 3 is 1.22 bits per heavy atom. The number of aliphatic hydroxyl groups is 2. The lowest BCUT2D eigenvalue weighted by molar-refractivity contribution is -0.0209. The number of nitrogens with zero attached hydrogens (tertiary/aromatic N) is 3. The minimum Gasteiger partial charge on any atom is -0.507 e. The number of aromatic nitrogens is 3. The van der Waals surface area contributed by atoms with Gasteiger partial charge in [0.15, 0.2) is 24.1 Å². The molecule has 15 heteroatoms. The summed E-state index contributed by atoms with van der Waals surface area (Å²) < 4.78 is 34.1. The molecule has 15 nitrogen and oxygen atoms in total. The Labute approximate surface area is 340 Å². The molecule has 6 unspecified atom stereocenters. The van der Waals surface area contributed by atoms with Crippen molar-refractivity contribution in [3.8, 4) is 68.7 Å². The zero-order chi connectivity index (χ0) is 42.2. The summed E-state index contributed by atoms with van der Waals surface area (Å²) in [4.78, 5) is 13.8. The fourth-order valence-electron chi connectivity index (χ4n) is 5.39. The lowest BCUT2D eigenvalue weighted by Gasteiger charge is -2.16. The summed E-state index contributed by atoms with van der Waals surface area (Å²) in [6.45, 7) is 12.2. The highest BCUT2D eigenvalue weighted by Gasteiger charge is 2.21. The number of hydrogen-bond acceptors (Lipinski definition) is 14. The Morgan fingerprint density at radius 2 is 0.879 bits per heavy atom. The monoisotopic (exact) mass is 810 g/mol. The first-order chi connectivity index (χ1) is 27.8. The number of aromatic hydroxyl groups is 3. The number of phenols is 3. The van der Waals surface area contributed by atoms with E-state index in [4.69, 9.17) is 33.5 Å². The fraction of sp³-hybridized carbons (Fsp3) is 0.512. The molecule has 0 bridgehead atoms. The van der Waals surface area contributed by atoms with E-state index in [-0.39, 0.29) is 121 Å². The summed E-state index contributed by atoms with van der Waals surface area (Å²) >= 11 is 0. The van der Waals surface area contributed by atoms with Crippen LogP contribution in [0.15, 0.2) is 54.6 Å². The van der Waals surface area contributed by atoms with E-state index < -0.39 is 18.3 Å². The quantitative estimate of drug-likeness (QED) is 0.0502. The van der Waals surface area contributed by atoms with Crippen molar-refractivity contribution in [1.29, 1.82) is 0 Å². The lowest BCUT2D eigenvalue weighted by Crippen LogP contribution is -2.25. The summed E-state index contributed by atoms with van der Waals surface area (Å²) in [6.07, 6.45) is 1.17. The van der Waals surface area contributed by atoms with Gasteiger partial charge in [0.2, 0.25) is 6.10 Å². The average Bonchev–Trinajstić information content (AvgIpc) is 3.21. The minimum atomic E-state index is -0.881. The first-order valence-corrected chi connectivity index (χ1v) is 19.9. The Hall–Kier alpha value is -4.77. The Bertz CT molecular complexity index is 1770. The maximum Gasteiger partial charge on any atom is 0.212 e. The van der Waals surface area contributed by atoms with E-state index in [0.717, 1.165) is 25.7 Å². The first kappa shape index (κ1) is 45.9. The molecule has 1 heterocycles. The zero-order valence-corrected chi connectivity index (χ0v) is 34.3. The van der Waals surface area contributed by atoms with Crippen LogP contribution in [0.3, 0.4) is 0 Å². The molecule has 7 N–H and O–H groups in total. The molecule has 4 rings (SSSR count). The van der Waals surface area contributed by atoms with Crippen LogP contribution in [0.25, 0.3) is 34.2 Å². The first-order valence-electron chi connectivity index (χ1n) is 19.9. The number of phenolic OH excluding ortho intramolecular Hbond substituents is 3. The maximum atomic E-state index is 11.2. The molecule has 318 valence electrons. The zero-order valence-electron chi connectivity index (χ0n) is 34.3. The Balaban J connectivity index is 1.61. The fourth-order valence-corrected chi connectivity index (χ4v) is 5.39. The van der Waals surface area contributed by atoms with Crippen LogP contribution in [0.1, 0.15) is 67.2 Å². The molecule has 0 saturated carbocycles. The van der Waals surface area contributed by atoms with Crippen LogP contribution in [0.5, 0.6) is 34.5 Å². The van der Waals surface area contributed by atoms with Crippen LogP contribution < -0.4 is 14.2 Å². The van der Waals surface area contributed by atoms with Gasteiger partial charge < -0.3 is 59.1 Å². The van der Waals surface area contributed by atoms with Gasteiger partial charge in [0.1, 0.15) is 66.5 Å². The maximum absolute atomic E-state index is 11.2. The smallest absolute Gasteiger partial charge is 0.212 e. The van der Waals surface area contributed by atoms with Gasteiger partial charge in [-0.15, -0.1) is 0 Å². The molecule has 0 spiro atoms. The van der Waals surface area contributed by atoms with Crippen LogP contribution >= 0.6 is 0 Å². The van der Waals surface area contributed by atoms with Crippen molar-refractivity contribution in [2.45, 2.75) is 104 Å². The van der Waals surface area contributed by atoms with Crippen molar-refractivity contribution in [2.75, 3.05) is 39.6 Å². The molecule has 58 heavy (non-hydrogen) atoms. The van der Waals surface area contributed by atoms with Gasteiger partial charge in [-0.3, -0.25) is 0 Å². The van der Waals surface area contributed by atoms with Crippen LogP contribution in [0, 0.1) is 0 Å². The predicted octanol–water partition coefficient (Wildman–Crippen LogP) is 5.78. The summed E-state index contributed by atoms with van der Waals surface area (Å²) in [5.41, 5.74) is 0.599. The van der Waals surface area contributed by atoms with Crippen molar-refractivity contribution in [2.24, 2.45) is 0 Å². The minimum absolute atomic E-state index is 0.000699. The van der Waals surface area contributed by atoms with Crippen molar-refractivity contribution < 1.29 is 59.1 Å². The number of aliphatic hydroxyl groups excluding tert-OH is 2. The highest BCUT2D eigenvalue weighted by atomic mass is 16.5. The van der Waals surface area contributed by atoms with Crippen molar-refractivity contribution in [1.82, 2.24) is 15.0 Å². The third kappa shape index (κ3) is 14.3. The van der Waals surface area contributed by atoms with Crippen LogP contribution in [-0.4, -0.2) is 122 Å². The van der Waals surface area contributed by atoms with Crippen molar-refractivity contribution in [3.05, 3.63) is 54.6 Å². The molecule has 4 aromatic rings. The Kier molecular flexibility index (Phi) is 18.2. The molecule has 3 aromatic carbocycles. The summed E-state index contributed by atoms with van der Waals surface area (Å²) in [5.74, 6) is 0.262. The van der Waals surface area contributed by atoms with Gasteiger partial charge >= 0.3 is 0 Å². The molecule has 1 aromatic heterocycles. The highest BCUT2D eigenvalue weighted by Crippen LogP contribution is 2.38. The third-order valence-corrected chi connectivity index (χ3v) is 9.17. The molecular weight excluding hydrogens is 750 g/mol. The molecule has 6 atom stereocenters. The predicted molar refractivity (Wildman–Crippen MR) is 219 cm³/mol. The normalized spacial score (nSPS) is 14.6. The third-order valence-electron chi connectivity index (χ3n) is 9.17. The summed E-state index contributed by atoms with van der Waals surface area (Å²) in [5, 5.41) is 62.4. The molecule has 0 aliphatic rings. The number of hydrogen-bond donors (Lipinski definition) is 5. The molecule has 0 radical (unpaired) electrons. The SMILES string of the molecule is CCCC(C)OCC([OH2+])COc1ccc(-c2nc(-c3ccc(OCC(O)COC(C)CC)cc3O)nc(-c3ccc(OCC(O)COC(C)CC)cc3O)n2)c(O)c1. The van der Waals surface area contributed by atoms with E-state index in [1.807, 2.05) is 34.6 Å². The average molecular weight is 811 g/mol. The molecule has 0 amide bonds. The second-order valence-corrected chi connectivity index (χ2v) is 14.3. The lowest BCUT2D eigenvalue weighted by atomic mass is 10.1. The second-order valence-electron chi connectivity index (χ2n) is 14.3. The van der Waals surface area contributed by atoms with E-state index in [9.17, 15) is 25.5 Å². The van der Waals surface area contributed by atoms with Gasteiger partial charge in [-0.05, 0) is 76.4 Å². The van der Waals surface area contributed by atoms with Gasteiger partial charge in [0.25, 0.3) is 0 Å². The highest BCUT2D eigenvalue weighted by molar-refractivity contribution is 5.74. The largest absolute Gasteiger partial charge is 0.507 e. The molecule has 0 aliphatic heterocycles. The summed E-state index contributed by atoms with van der Waals surface area (Å²) in [6, 6.07) is 13.6. The van der Waals surface area contributed by atoms with Gasteiger partial charge in [-0.1, -0.05) is 27.2 Å². The van der Waals surface area contributed by atoms with E-state index in [1.165, 1.54) is 18.2 Å². The molecular formula is C43H60N3O12+. The van der Waals surface area contributed by atoms with Crippen LogP contribution in [0.4, 0.5) is 0 Å². The number of ether oxygens (including phenoxy) is 6. The Morgan fingerprint density at radius 1 is 0.517 bits per heavy atom. The van der Waals surface area contributed by atoms with Crippen molar-refractivity contribution >= 4 is 0 Å². The van der Waals surface area contributed by atoms with Gasteiger partial charge in [-0.25, -0.2) is 15.0 Å². The molecule has 0 fully saturated rings. The number of benzene rings is 3. The molecule has 0 aliphatic carbocycles. The van der Waals surface area contributed by atoms with Gasteiger partial charge in [-0.2, -0.15) is 0 Å². The van der Waals surface area contributed by atoms with E-state index in [2.05, 4.69) is 21.9 Å². The van der Waals surface area contributed by atoms with Gasteiger partial charge in [0.05, 0.1) is 48.2 Å². The molecule has 0 saturated heterocycles. The van der Waals surface area contributed by atoms with Crippen molar-refractivity contribution in [3.63, 3.8) is 0 Å². The summed E-state index contributed by atoms with van der Waals surface area (Å²) in [7, 11) is 0. The topological polar surface area (TPSA) is 218 Å².